The van der Waals surface area contributed by atoms with Gasteiger partial charge >= 0.3 is 5.91 Å². The molecule has 0 saturated carbocycles. The number of hydrogen-bond acceptors (Lipinski definition) is 9. The van der Waals surface area contributed by atoms with E-state index >= 15 is 4.39 Å². The number of halogens is 1. The SMILES string of the molecule is Cc1ccc(CSc2nnc(N3C(=O)C(=O)C(=C(O)c4ccc5c(c4)OCCO5)[C@H]3c3ccccc3F)s2)cc1. The summed E-state index contributed by atoms with van der Waals surface area (Å²) >= 11 is 2.56. The molecule has 1 fully saturated rings. The fourth-order valence-corrected chi connectivity index (χ4v) is 6.38. The van der Waals surface area contributed by atoms with Crippen molar-refractivity contribution in [1.29, 1.82) is 0 Å². The van der Waals surface area contributed by atoms with Crippen molar-refractivity contribution < 1.29 is 28.6 Å². The van der Waals surface area contributed by atoms with Crippen molar-refractivity contribution in [2.24, 2.45) is 0 Å². The molecule has 1 aromatic heterocycles. The van der Waals surface area contributed by atoms with E-state index in [1.807, 2.05) is 31.2 Å². The van der Waals surface area contributed by atoms with Crippen LogP contribution in [0.2, 0.25) is 0 Å². The van der Waals surface area contributed by atoms with Crippen LogP contribution in [0.15, 0.2) is 76.6 Å². The number of aryl methyl sites for hydroxylation is 1. The average Bonchev–Trinajstić information content (AvgIpc) is 3.54. The zero-order valence-corrected chi connectivity index (χ0v) is 22.8. The molecule has 0 aliphatic carbocycles. The normalized spacial score (nSPS) is 17.9. The molecule has 40 heavy (non-hydrogen) atoms. The largest absolute Gasteiger partial charge is 0.507 e. The van der Waals surface area contributed by atoms with Crippen molar-refractivity contribution in [2.45, 2.75) is 23.1 Å². The molecule has 0 bridgehead atoms. The van der Waals surface area contributed by atoms with E-state index < -0.39 is 29.3 Å². The number of fused-ring (bicyclic) bond motifs is 1. The second-order valence-electron chi connectivity index (χ2n) is 9.17. The lowest BCUT2D eigenvalue weighted by Gasteiger charge is -2.23. The van der Waals surface area contributed by atoms with Gasteiger partial charge in [-0.3, -0.25) is 14.5 Å². The zero-order chi connectivity index (χ0) is 27.8. The van der Waals surface area contributed by atoms with Gasteiger partial charge in [-0.05, 0) is 36.8 Å². The van der Waals surface area contributed by atoms with Crippen LogP contribution in [0, 0.1) is 12.7 Å². The van der Waals surface area contributed by atoms with Crippen molar-refractivity contribution in [3.8, 4) is 11.5 Å². The first-order valence-corrected chi connectivity index (χ1v) is 14.2. The number of aliphatic hydroxyl groups is 1. The second-order valence-corrected chi connectivity index (χ2v) is 11.4. The molecular formula is C29H22FN3O5S2. The van der Waals surface area contributed by atoms with Crippen LogP contribution in [0.5, 0.6) is 11.5 Å². The Bertz CT molecular complexity index is 1650. The van der Waals surface area contributed by atoms with Crippen molar-refractivity contribution in [2.75, 3.05) is 18.1 Å². The van der Waals surface area contributed by atoms with Crippen molar-refractivity contribution >= 4 is 45.7 Å². The van der Waals surface area contributed by atoms with Gasteiger partial charge in [-0.2, -0.15) is 0 Å². The Morgan fingerprint density at radius 1 is 1.05 bits per heavy atom. The molecule has 1 N–H and O–H groups in total. The molecule has 0 unspecified atom stereocenters. The van der Waals surface area contributed by atoms with Crippen LogP contribution in [0.3, 0.4) is 0 Å². The Morgan fingerprint density at radius 3 is 2.58 bits per heavy atom. The van der Waals surface area contributed by atoms with Gasteiger partial charge in [-0.1, -0.05) is 71.1 Å². The van der Waals surface area contributed by atoms with Crippen LogP contribution in [0.1, 0.15) is 28.3 Å². The summed E-state index contributed by atoms with van der Waals surface area (Å²) in [6, 6.07) is 17.4. The Labute approximate surface area is 237 Å². The number of anilines is 1. The third-order valence-electron chi connectivity index (χ3n) is 6.54. The van der Waals surface area contributed by atoms with Gasteiger partial charge in [0, 0.05) is 16.9 Å². The third-order valence-corrected chi connectivity index (χ3v) is 8.67. The molecule has 1 atom stereocenters. The topological polar surface area (TPSA) is 102 Å². The minimum Gasteiger partial charge on any atom is -0.507 e. The molecule has 2 aliphatic rings. The molecule has 1 saturated heterocycles. The highest BCUT2D eigenvalue weighted by atomic mass is 32.2. The fourth-order valence-electron chi connectivity index (χ4n) is 4.55. The molecular weight excluding hydrogens is 553 g/mol. The molecule has 3 heterocycles. The number of aromatic nitrogens is 2. The van der Waals surface area contributed by atoms with Gasteiger partial charge in [0.05, 0.1) is 5.57 Å². The van der Waals surface area contributed by atoms with Gasteiger partial charge in [0.15, 0.2) is 15.8 Å². The van der Waals surface area contributed by atoms with Crippen LogP contribution < -0.4 is 14.4 Å². The molecule has 0 spiro atoms. The number of ketones is 1. The van der Waals surface area contributed by atoms with Gasteiger partial charge in [0.1, 0.15) is 30.8 Å². The summed E-state index contributed by atoms with van der Waals surface area (Å²) in [6.07, 6.45) is 0. The van der Waals surface area contributed by atoms with E-state index in [0.29, 0.717) is 34.8 Å². The van der Waals surface area contributed by atoms with Gasteiger partial charge in [0.2, 0.25) is 5.13 Å². The van der Waals surface area contributed by atoms with Crippen LogP contribution >= 0.6 is 23.1 Å². The Kier molecular flexibility index (Phi) is 6.99. The average molecular weight is 576 g/mol. The van der Waals surface area contributed by atoms with Crippen LogP contribution in [0.25, 0.3) is 5.76 Å². The predicted molar refractivity (Wildman–Crippen MR) is 149 cm³/mol. The number of aliphatic hydroxyl groups excluding tert-OH is 1. The van der Waals surface area contributed by atoms with Gasteiger partial charge < -0.3 is 14.6 Å². The molecule has 8 nitrogen and oxygen atoms in total. The minimum absolute atomic E-state index is 0.0462. The standard InChI is InChI=1S/C29H22FN3O5S2/c1-16-6-8-17(9-7-16)15-39-29-32-31-28(40-29)33-24(19-4-2-3-5-20(19)30)23(26(35)27(33)36)25(34)18-10-11-21-22(14-18)38-13-12-37-21/h2-11,14,24,34H,12-13,15H2,1H3/t24-/m1/s1. The number of nitrogens with zero attached hydrogens (tertiary/aromatic N) is 3. The Hall–Kier alpha value is -4.22. The molecule has 3 aromatic carbocycles. The highest BCUT2D eigenvalue weighted by molar-refractivity contribution is 8.00. The van der Waals surface area contributed by atoms with E-state index in [2.05, 4.69) is 10.2 Å². The maximum Gasteiger partial charge on any atom is 0.301 e. The molecule has 0 radical (unpaired) electrons. The molecule has 202 valence electrons. The van der Waals surface area contributed by atoms with Gasteiger partial charge in [-0.25, -0.2) is 4.39 Å². The molecule has 1 amide bonds. The van der Waals surface area contributed by atoms with Crippen molar-refractivity contribution in [3.05, 3.63) is 100 Å². The summed E-state index contributed by atoms with van der Waals surface area (Å²) in [5.41, 5.74) is 2.28. The van der Waals surface area contributed by atoms with E-state index in [4.69, 9.17) is 9.47 Å². The summed E-state index contributed by atoms with van der Waals surface area (Å²) in [4.78, 5) is 27.9. The van der Waals surface area contributed by atoms with E-state index in [1.54, 1.807) is 18.2 Å². The van der Waals surface area contributed by atoms with Crippen molar-refractivity contribution in [1.82, 2.24) is 10.2 Å². The first-order chi connectivity index (χ1) is 19.4. The summed E-state index contributed by atoms with van der Waals surface area (Å²) in [6.45, 7) is 2.74. The maximum atomic E-state index is 15.2. The van der Waals surface area contributed by atoms with Crippen LogP contribution in [-0.2, 0) is 15.3 Å². The highest BCUT2D eigenvalue weighted by Crippen LogP contribution is 2.45. The first-order valence-electron chi connectivity index (χ1n) is 12.4. The Morgan fingerprint density at radius 2 is 1.80 bits per heavy atom. The third kappa shape index (κ3) is 4.82. The van der Waals surface area contributed by atoms with E-state index in [0.717, 1.165) is 27.4 Å². The van der Waals surface area contributed by atoms with E-state index in [-0.39, 0.29) is 21.8 Å². The second kappa shape index (κ2) is 10.7. The predicted octanol–water partition coefficient (Wildman–Crippen LogP) is 5.68. The lowest BCUT2D eigenvalue weighted by atomic mass is 9.95. The maximum absolute atomic E-state index is 15.2. The monoisotopic (exact) mass is 575 g/mol. The van der Waals surface area contributed by atoms with Gasteiger partial charge in [0.25, 0.3) is 5.78 Å². The number of rotatable bonds is 6. The molecule has 6 rings (SSSR count). The number of thioether (sulfide) groups is 1. The summed E-state index contributed by atoms with van der Waals surface area (Å²) < 4.78 is 26.9. The van der Waals surface area contributed by atoms with Crippen molar-refractivity contribution in [3.63, 3.8) is 0 Å². The molecule has 4 aromatic rings. The Balaban J connectivity index is 1.39. The van der Waals surface area contributed by atoms with Gasteiger partial charge in [-0.15, -0.1) is 10.2 Å². The lowest BCUT2D eigenvalue weighted by molar-refractivity contribution is -0.132. The summed E-state index contributed by atoms with van der Waals surface area (Å²) in [5, 5.41) is 19.9. The van der Waals surface area contributed by atoms with E-state index in [9.17, 15) is 14.7 Å². The van der Waals surface area contributed by atoms with Crippen LogP contribution in [0.4, 0.5) is 9.52 Å². The number of benzene rings is 3. The molecule has 11 heteroatoms. The number of amides is 1. The number of hydrogen-bond donors (Lipinski definition) is 1. The quantitative estimate of drug-likeness (QED) is 0.103. The fraction of sp³-hybridized carbons (Fsp3) is 0.172. The highest BCUT2D eigenvalue weighted by Gasteiger charge is 2.49. The zero-order valence-electron chi connectivity index (χ0n) is 21.2. The first kappa shape index (κ1) is 26.0. The number of Topliss-reactive ketones (excluding diaryl/α,β-unsaturated/α-hetero) is 1. The summed E-state index contributed by atoms with van der Waals surface area (Å²) in [7, 11) is 0. The van der Waals surface area contributed by atoms with Crippen LogP contribution in [-0.4, -0.2) is 40.2 Å². The lowest BCUT2D eigenvalue weighted by Crippen LogP contribution is -2.29. The smallest absolute Gasteiger partial charge is 0.301 e. The number of carbonyl (C=O) groups is 2. The number of carbonyl (C=O) groups excluding carboxylic acids is 2. The van der Waals surface area contributed by atoms with E-state index in [1.165, 1.54) is 36.0 Å². The summed E-state index contributed by atoms with van der Waals surface area (Å²) in [5.74, 6) is -1.45. The number of ether oxygens (including phenoxy) is 2. The molecule has 2 aliphatic heterocycles. The minimum atomic E-state index is -1.25.